The average molecular weight is 499 g/mol. The summed E-state index contributed by atoms with van der Waals surface area (Å²) in [5, 5.41) is 12.1. The predicted octanol–water partition coefficient (Wildman–Crippen LogP) is 2.62. The number of nitrogens with zero attached hydrogens (tertiary/aromatic N) is 5. The lowest BCUT2D eigenvalue weighted by Crippen LogP contribution is -2.69. The van der Waals surface area contributed by atoms with E-state index in [1.54, 1.807) is 0 Å². The lowest BCUT2D eigenvalue weighted by molar-refractivity contribution is -0.158. The summed E-state index contributed by atoms with van der Waals surface area (Å²) in [5.74, 6) is -0.0225. The molecule has 2 aliphatic rings. The smallest absolute Gasteiger partial charge is 0.252 e. The second-order valence-electron chi connectivity index (χ2n) is 9.54. The molecule has 1 aliphatic heterocycles. The molecule has 1 aromatic carbocycles. The monoisotopic (exact) mass is 498 g/mol. The van der Waals surface area contributed by atoms with Crippen molar-refractivity contribution >= 4 is 29.5 Å². The maximum atomic E-state index is 13.4. The average Bonchev–Trinajstić information content (AvgIpc) is 3.23. The third-order valence-electron chi connectivity index (χ3n) is 7.04. The molecule has 1 N–H and O–H groups in total. The van der Waals surface area contributed by atoms with Gasteiger partial charge in [0.15, 0.2) is 11.0 Å². The Bertz CT molecular complexity index is 1060. The Morgan fingerprint density at radius 3 is 2.51 bits per heavy atom. The van der Waals surface area contributed by atoms with Crippen LogP contribution < -0.4 is 5.32 Å². The lowest BCUT2D eigenvalue weighted by atomic mass is 9.78. The Morgan fingerprint density at radius 1 is 1.14 bits per heavy atom. The van der Waals surface area contributed by atoms with Gasteiger partial charge in [0.1, 0.15) is 12.1 Å². The number of hydrogen-bond donors (Lipinski definition) is 1. The van der Waals surface area contributed by atoms with Gasteiger partial charge < -0.3 is 9.47 Å². The summed E-state index contributed by atoms with van der Waals surface area (Å²) in [5.41, 5.74) is 0.208. The van der Waals surface area contributed by atoms with Gasteiger partial charge in [-0.2, -0.15) is 0 Å². The number of nitrogens with one attached hydrogen (secondary N) is 1. The standard InChI is InChI=1S/C25H34N6O3S/c1-4-19(29(2)3)22-27-28-24(30(22)15-18-11-7-5-8-12-18)35-17-21(33)31-16-20(32)26-23(34)25(31)13-9-6-10-14-25/h5,7-8,11-12,19H,4,6,9-10,13-17H2,1-3H3,(H,26,32,34)/t19-/m0/s1. The first-order valence-corrected chi connectivity index (χ1v) is 13.2. The van der Waals surface area contributed by atoms with Gasteiger partial charge in [-0.1, -0.05) is 68.3 Å². The van der Waals surface area contributed by atoms with Crippen LogP contribution in [0.5, 0.6) is 0 Å². The summed E-state index contributed by atoms with van der Waals surface area (Å²) in [4.78, 5) is 42.1. The van der Waals surface area contributed by atoms with Gasteiger partial charge in [-0.25, -0.2) is 0 Å². The number of hydrogen-bond acceptors (Lipinski definition) is 7. The first-order valence-electron chi connectivity index (χ1n) is 12.3. The highest BCUT2D eigenvalue weighted by Crippen LogP contribution is 2.36. The minimum absolute atomic E-state index is 0.0778. The number of imide groups is 1. The molecule has 1 saturated carbocycles. The van der Waals surface area contributed by atoms with E-state index in [9.17, 15) is 14.4 Å². The normalized spacial score (nSPS) is 18.7. The van der Waals surface area contributed by atoms with E-state index in [-0.39, 0.29) is 30.2 Å². The molecule has 3 amide bonds. The van der Waals surface area contributed by atoms with E-state index in [4.69, 9.17) is 0 Å². The summed E-state index contributed by atoms with van der Waals surface area (Å²) in [6.07, 6.45) is 4.84. The Morgan fingerprint density at radius 2 is 1.86 bits per heavy atom. The molecule has 2 heterocycles. The number of amides is 3. The fraction of sp³-hybridized carbons (Fsp3) is 0.560. The minimum Gasteiger partial charge on any atom is -0.318 e. The molecule has 4 rings (SSSR count). The Labute approximate surface area is 210 Å². The van der Waals surface area contributed by atoms with Crippen molar-refractivity contribution in [1.82, 2.24) is 29.9 Å². The first kappa shape index (κ1) is 25.4. The first-order chi connectivity index (χ1) is 16.9. The highest BCUT2D eigenvalue weighted by Gasteiger charge is 2.50. The second-order valence-corrected chi connectivity index (χ2v) is 10.5. The zero-order valence-electron chi connectivity index (χ0n) is 20.7. The summed E-state index contributed by atoms with van der Waals surface area (Å²) < 4.78 is 2.08. The van der Waals surface area contributed by atoms with E-state index in [2.05, 4.69) is 44.0 Å². The molecule has 2 aromatic rings. The van der Waals surface area contributed by atoms with Crippen LogP contribution in [0.4, 0.5) is 0 Å². The number of benzene rings is 1. The van der Waals surface area contributed by atoms with E-state index in [1.807, 2.05) is 32.3 Å². The molecule has 188 valence electrons. The van der Waals surface area contributed by atoms with Crippen molar-refractivity contribution in [3.05, 3.63) is 41.7 Å². The molecule has 1 atom stereocenters. The molecule has 1 saturated heterocycles. The zero-order chi connectivity index (χ0) is 25.0. The van der Waals surface area contributed by atoms with Gasteiger partial charge in [-0.05, 0) is 38.9 Å². The lowest BCUT2D eigenvalue weighted by Gasteiger charge is -2.47. The van der Waals surface area contributed by atoms with Crippen LogP contribution in [0.25, 0.3) is 0 Å². The molecule has 0 radical (unpaired) electrons. The number of piperazine rings is 1. The highest BCUT2D eigenvalue weighted by atomic mass is 32.2. The van der Waals surface area contributed by atoms with Gasteiger partial charge >= 0.3 is 0 Å². The Hall–Kier alpha value is -2.72. The van der Waals surface area contributed by atoms with Gasteiger partial charge in [-0.15, -0.1) is 10.2 Å². The maximum absolute atomic E-state index is 13.4. The molecule has 10 heteroatoms. The van der Waals surface area contributed by atoms with Crippen LogP contribution in [0.2, 0.25) is 0 Å². The van der Waals surface area contributed by atoms with Gasteiger partial charge in [0.05, 0.1) is 18.3 Å². The molecule has 0 bridgehead atoms. The van der Waals surface area contributed by atoms with Crippen LogP contribution in [0.1, 0.15) is 62.9 Å². The van der Waals surface area contributed by atoms with Crippen LogP contribution in [0.3, 0.4) is 0 Å². The summed E-state index contributed by atoms with van der Waals surface area (Å²) in [6, 6.07) is 10.2. The van der Waals surface area contributed by atoms with E-state index in [0.29, 0.717) is 24.5 Å². The van der Waals surface area contributed by atoms with Crippen LogP contribution in [-0.2, 0) is 20.9 Å². The number of carbonyl (C=O) groups excluding carboxylic acids is 3. The molecule has 1 aliphatic carbocycles. The summed E-state index contributed by atoms with van der Waals surface area (Å²) in [6.45, 7) is 2.63. The Balaban J connectivity index is 1.57. The quantitative estimate of drug-likeness (QED) is 0.441. The fourth-order valence-electron chi connectivity index (χ4n) is 5.21. The SMILES string of the molecule is CC[C@@H](c1nnc(SCC(=O)N2CC(=O)NC(=O)C23CCCCC3)n1Cc1ccccc1)N(C)C. The topological polar surface area (TPSA) is 100 Å². The zero-order valence-corrected chi connectivity index (χ0v) is 21.5. The van der Waals surface area contributed by atoms with Crippen molar-refractivity contribution < 1.29 is 14.4 Å². The van der Waals surface area contributed by atoms with Crippen LogP contribution >= 0.6 is 11.8 Å². The maximum Gasteiger partial charge on any atom is 0.252 e. The van der Waals surface area contributed by atoms with Crippen molar-refractivity contribution in [2.24, 2.45) is 0 Å². The number of rotatable bonds is 8. The molecule has 9 nitrogen and oxygen atoms in total. The molecule has 35 heavy (non-hydrogen) atoms. The van der Waals surface area contributed by atoms with Crippen molar-refractivity contribution in [2.75, 3.05) is 26.4 Å². The Kier molecular flexibility index (Phi) is 7.91. The molecule has 0 unspecified atom stereocenters. The molecular weight excluding hydrogens is 464 g/mol. The number of aromatic nitrogens is 3. The van der Waals surface area contributed by atoms with Gasteiger partial charge in [0.2, 0.25) is 11.8 Å². The van der Waals surface area contributed by atoms with E-state index >= 15 is 0 Å². The second kappa shape index (κ2) is 10.9. The van der Waals surface area contributed by atoms with Gasteiger partial charge in [0, 0.05) is 0 Å². The predicted molar refractivity (Wildman–Crippen MR) is 134 cm³/mol. The third kappa shape index (κ3) is 5.28. The van der Waals surface area contributed by atoms with Crippen molar-refractivity contribution in [1.29, 1.82) is 0 Å². The largest absolute Gasteiger partial charge is 0.318 e. The molecule has 1 spiro atoms. The van der Waals surface area contributed by atoms with Crippen LogP contribution in [0.15, 0.2) is 35.5 Å². The minimum atomic E-state index is -0.912. The highest BCUT2D eigenvalue weighted by molar-refractivity contribution is 7.99. The van der Waals surface area contributed by atoms with Crippen LogP contribution in [-0.4, -0.2) is 74.2 Å². The van der Waals surface area contributed by atoms with E-state index in [0.717, 1.165) is 37.1 Å². The van der Waals surface area contributed by atoms with Crippen molar-refractivity contribution in [3.8, 4) is 0 Å². The van der Waals surface area contributed by atoms with Crippen molar-refractivity contribution in [2.45, 2.75) is 68.7 Å². The molecular formula is C25H34N6O3S. The van der Waals surface area contributed by atoms with Crippen molar-refractivity contribution in [3.63, 3.8) is 0 Å². The van der Waals surface area contributed by atoms with Crippen LogP contribution in [0, 0.1) is 0 Å². The van der Waals surface area contributed by atoms with E-state index in [1.165, 1.54) is 16.7 Å². The van der Waals surface area contributed by atoms with Gasteiger partial charge in [-0.3, -0.25) is 24.6 Å². The number of thioether (sulfide) groups is 1. The fourth-order valence-corrected chi connectivity index (χ4v) is 6.03. The van der Waals surface area contributed by atoms with E-state index < -0.39 is 11.4 Å². The van der Waals surface area contributed by atoms with Gasteiger partial charge in [0.25, 0.3) is 5.91 Å². The molecule has 1 aromatic heterocycles. The summed E-state index contributed by atoms with van der Waals surface area (Å²) in [7, 11) is 4.04. The number of carbonyl (C=O) groups is 3. The molecule has 2 fully saturated rings. The third-order valence-corrected chi connectivity index (χ3v) is 7.99. The summed E-state index contributed by atoms with van der Waals surface area (Å²) >= 11 is 1.31.